The molecule has 0 aromatic heterocycles. The van der Waals surface area contributed by atoms with Crippen molar-refractivity contribution in [1.29, 1.82) is 0 Å². The number of nitrogen functional groups attached to an aromatic ring is 1. The third-order valence-corrected chi connectivity index (χ3v) is 1.74. The van der Waals surface area contributed by atoms with Gasteiger partial charge in [0, 0.05) is 11.8 Å². The van der Waals surface area contributed by atoms with Crippen LogP contribution in [0, 0.1) is 0 Å². The summed E-state index contributed by atoms with van der Waals surface area (Å²) in [5.74, 6) is 0.0324. The quantitative estimate of drug-likeness (QED) is 0.581. The molecule has 0 saturated carbocycles. The van der Waals surface area contributed by atoms with Crippen LogP contribution in [0.3, 0.4) is 0 Å². The molecule has 0 fully saturated rings. The fourth-order valence-electron chi connectivity index (χ4n) is 0.657. The molecule has 1 unspecified atom stereocenters. The van der Waals surface area contributed by atoms with E-state index in [0.717, 1.165) is 0 Å². The maximum Gasteiger partial charge on any atom is 0.159 e. The zero-order valence-corrected chi connectivity index (χ0v) is 7.39. The first-order valence-corrected chi connectivity index (χ1v) is 4.30. The number of benzene rings is 1. The Morgan fingerprint density at radius 1 is 1.58 bits per heavy atom. The van der Waals surface area contributed by atoms with Gasteiger partial charge in [0.1, 0.15) is 11.4 Å². The van der Waals surface area contributed by atoms with Crippen LogP contribution in [0.25, 0.3) is 0 Å². The number of halogens is 1. The molecule has 6 heteroatoms. The topological polar surface area (TPSA) is 75.4 Å². The van der Waals surface area contributed by atoms with E-state index in [1.807, 2.05) is 0 Å². The zero-order valence-electron chi connectivity index (χ0n) is 5.82. The fraction of sp³-hybridized carbons (Fsp3) is 0. The maximum atomic E-state index is 10.1. The number of anilines is 1. The Kier molecular flexibility index (Phi) is 2.91. The molecule has 4 nitrogen and oxygen atoms in total. The fourth-order valence-corrected chi connectivity index (χ4v) is 1.14. The van der Waals surface area contributed by atoms with Gasteiger partial charge < -0.3 is 14.5 Å². The summed E-state index contributed by atoms with van der Waals surface area (Å²) in [6.45, 7) is 0. The smallest absolute Gasteiger partial charge is 0.159 e. The van der Waals surface area contributed by atoms with E-state index in [0.29, 0.717) is 5.69 Å². The van der Waals surface area contributed by atoms with Crippen molar-refractivity contribution in [2.24, 2.45) is 0 Å². The summed E-state index contributed by atoms with van der Waals surface area (Å²) in [4.78, 5) is 0. The lowest BCUT2D eigenvalue weighted by Crippen LogP contribution is -1.99. The number of hydrogen-bond acceptors (Lipinski definition) is 4. The van der Waals surface area contributed by atoms with Crippen LogP contribution in [0.4, 0.5) is 5.69 Å². The number of rotatable bonds is 2. The van der Waals surface area contributed by atoms with Crippen LogP contribution < -0.4 is 9.92 Å². The first-order chi connectivity index (χ1) is 5.59. The van der Waals surface area contributed by atoms with Crippen molar-refractivity contribution in [2.75, 3.05) is 5.73 Å². The third kappa shape index (κ3) is 2.37. The van der Waals surface area contributed by atoms with Gasteiger partial charge in [-0.25, -0.2) is 4.21 Å². The molecule has 0 saturated heterocycles. The molecule has 66 valence electrons. The predicted molar refractivity (Wildman–Crippen MR) is 45.4 cm³/mol. The van der Waals surface area contributed by atoms with Gasteiger partial charge in [-0.15, -0.1) is 0 Å². The summed E-state index contributed by atoms with van der Waals surface area (Å²) < 4.78 is 24.6. The third-order valence-electron chi connectivity index (χ3n) is 1.11. The molecule has 0 aliphatic heterocycles. The van der Waals surface area contributed by atoms with Crippen LogP contribution in [0.1, 0.15) is 0 Å². The van der Waals surface area contributed by atoms with Gasteiger partial charge in [-0.3, -0.25) is 0 Å². The predicted octanol–water partition coefficient (Wildman–Crippen LogP) is 1.10. The second kappa shape index (κ2) is 3.75. The van der Waals surface area contributed by atoms with E-state index in [4.69, 9.17) is 17.3 Å². The van der Waals surface area contributed by atoms with Crippen molar-refractivity contribution in [3.8, 4) is 5.75 Å². The van der Waals surface area contributed by atoms with Gasteiger partial charge in [-0.1, -0.05) is 11.6 Å². The SMILES string of the molecule is Nc1ccc(Cl)c(OS(=O)[O-])c1. The maximum absolute atomic E-state index is 10.1. The Hall–Kier alpha value is -0.780. The van der Waals surface area contributed by atoms with Crippen molar-refractivity contribution in [3.05, 3.63) is 23.2 Å². The van der Waals surface area contributed by atoms with E-state index in [2.05, 4.69) is 4.18 Å². The monoisotopic (exact) mass is 206 g/mol. The molecule has 1 aromatic rings. The van der Waals surface area contributed by atoms with Gasteiger partial charge in [0.05, 0.1) is 5.02 Å². The lowest BCUT2D eigenvalue weighted by Gasteiger charge is -2.08. The summed E-state index contributed by atoms with van der Waals surface area (Å²) in [6.07, 6.45) is 0. The van der Waals surface area contributed by atoms with Crippen LogP contribution in [-0.2, 0) is 11.4 Å². The molecule has 0 spiro atoms. The highest BCUT2D eigenvalue weighted by Gasteiger charge is 2.01. The van der Waals surface area contributed by atoms with Crippen LogP contribution in [-0.4, -0.2) is 8.76 Å². The van der Waals surface area contributed by atoms with Gasteiger partial charge >= 0.3 is 0 Å². The molecule has 12 heavy (non-hydrogen) atoms. The van der Waals surface area contributed by atoms with E-state index in [1.165, 1.54) is 12.1 Å². The van der Waals surface area contributed by atoms with Crippen molar-refractivity contribution in [1.82, 2.24) is 0 Å². The molecule has 1 aromatic carbocycles. The van der Waals surface area contributed by atoms with E-state index in [9.17, 15) is 8.76 Å². The minimum atomic E-state index is -2.63. The van der Waals surface area contributed by atoms with Crippen molar-refractivity contribution < 1.29 is 12.9 Å². The molecule has 1 rings (SSSR count). The summed E-state index contributed by atoms with van der Waals surface area (Å²) >= 11 is 2.96. The van der Waals surface area contributed by atoms with Crippen molar-refractivity contribution in [3.63, 3.8) is 0 Å². The van der Waals surface area contributed by atoms with Gasteiger partial charge in [-0.2, -0.15) is 0 Å². The minimum Gasteiger partial charge on any atom is -0.740 e. The summed E-state index contributed by atoms with van der Waals surface area (Å²) in [7, 11) is 0. The molecular formula is C6H5ClNO3S-. The van der Waals surface area contributed by atoms with E-state index in [-0.39, 0.29) is 10.8 Å². The highest BCUT2D eigenvalue weighted by molar-refractivity contribution is 7.74. The second-order valence-corrected chi connectivity index (χ2v) is 2.96. The first-order valence-electron chi connectivity index (χ1n) is 2.92. The highest BCUT2D eigenvalue weighted by atomic mass is 35.5. The molecule has 0 radical (unpaired) electrons. The average Bonchev–Trinajstić information content (AvgIpc) is 1.96. The zero-order chi connectivity index (χ0) is 9.14. The lowest BCUT2D eigenvalue weighted by atomic mass is 10.3. The highest BCUT2D eigenvalue weighted by Crippen LogP contribution is 2.26. The minimum absolute atomic E-state index is 0.0324. The molecule has 2 N–H and O–H groups in total. The Bertz CT molecular complexity index is 318. The molecule has 1 atom stereocenters. The number of nitrogens with two attached hydrogens (primary N) is 1. The molecule has 0 amide bonds. The van der Waals surface area contributed by atoms with E-state index >= 15 is 0 Å². The Morgan fingerprint density at radius 2 is 2.25 bits per heavy atom. The van der Waals surface area contributed by atoms with Gasteiger partial charge in [0.15, 0.2) is 5.75 Å². The van der Waals surface area contributed by atoms with Crippen LogP contribution in [0.2, 0.25) is 5.02 Å². The Labute approximate surface area is 76.8 Å². The first kappa shape index (κ1) is 9.31. The van der Waals surface area contributed by atoms with E-state index < -0.39 is 11.4 Å². The molecule has 0 bridgehead atoms. The van der Waals surface area contributed by atoms with Crippen LogP contribution >= 0.6 is 11.6 Å². The number of hydrogen-bond donors (Lipinski definition) is 1. The summed E-state index contributed by atoms with van der Waals surface area (Å²) in [5, 5.41) is 0.202. The standard InChI is InChI=1S/C6H6ClNO3S/c7-5-2-1-4(8)3-6(5)11-12(9)10/h1-3H,8H2,(H,9,10)/p-1. The van der Waals surface area contributed by atoms with Gasteiger partial charge in [0.25, 0.3) is 0 Å². The Balaban J connectivity index is 2.97. The van der Waals surface area contributed by atoms with Gasteiger partial charge in [-0.05, 0) is 12.1 Å². The molecule has 0 aliphatic carbocycles. The lowest BCUT2D eigenvalue weighted by molar-refractivity contribution is 0.440. The van der Waals surface area contributed by atoms with Gasteiger partial charge in [0.2, 0.25) is 0 Å². The van der Waals surface area contributed by atoms with Crippen LogP contribution in [0.15, 0.2) is 18.2 Å². The van der Waals surface area contributed by atoms with Crippen LogP contribution in [0.5, 0.6) is 5.75 Å². The summed E-state index contributed by atoms with van der Waals surface area (Å²) in [5.41, 5.74) is 5.75. The largest absolute Gasteiger partial charge is 0.740 e. The van der Waals surface area contributed by atoms with Crippen molar-refractivity contribution in [2.45, 2.75) is 0 Å². The Morgan fingerprint density at radius 3 is 2.83 bits per heavy atom. The summed E-state index contributed by atoms with van der Waals surface area (Å²) in [6, 6.07) is 4.33. The molecular weight excluding hydrogens is 202 g/mol. The second-order valence-electron chi connectivity index (χ2n) is 1.98. The normalized spacial score (nSPS) is 12.5. The van der Waals surface area contributed by atoms with Crippen molar-refractivity contribution >= 4 is 28.6 Å². The molecule has 0 heterocycles. The van der Waals surface area contributed by atoms with E-state index in [1.54, 1.807) is 6.07 Å². The average molecular weight is 207 g/mol. The molecule has 0 aliphatic rings.